The number of hydrogen-bond donors (Lipinski definition) is 4. The molecule has 0 fully saturated rings. The van der Waals surface area contributed by atoms with Gasteiger partial charge in [-0.15, -0.1) is 0 Å². The lowest BCUT2D eigenvalue weighted by Gasteiger charge is -2.19. The summed E-state index contributed by atoms with van der Waals surface area (Å²) < 4.78 is 1.25. The van der Waals surface area contributed by atoms with Crippen LogP contribution in [0.15, 0.2) is 71.5 Å². The van der Waals surface area contributed by atoms with Gasteiger partial charge in [0, 0.05) is 5.69 Å². The lowest BCUT2D eigenvalue weighted by Crippen LogP contribution is -2.32. The number of amides is 3. The van der Waals surface area contributed by atoms with Crippen LogP contribution in [0.3, 0.4) is 0 Å². The van der Waals surface area contributed by atoms with Crippen LogP contribution in [0.5, 0.6) is 0 Å². The molecule has 0 aliphatic carbocycles. The SMILES string of the molecule is CC(NC(=O)O)c1nc2cccc(Cl)c2c(=O)n1-c1cccc(NC(=O)Nc2ccccc2C#N)c1. The summed E-state index contributed by atoms with van der Waals surface area (Å²) in [6, 6.07) is 18.3. The molecule has 4 aromatic rings. The van der Waals surface area contributed by atoms with Crippen molar-refractivity contribution in [2.45, 2.75) is 13.0 Å². The highest BCUT2D eigenvalue weighted by Crippen LogP contribution is 2.24. The normalized spacial score (nSPS) is 11.4. The Morgan fingerprint density at radius 3 is 2.58 bits per heavy atom. The summed E-state index contributed by atoms with van der Waals surface area (Å²) in [6.45, 7) is 1.56. The van der Waals surface area contributed by atoms with Crippen LogP contribution < -0.4 is 21.5 Å². The van der Waals surface area contributed by atoms with Crippen molar-refractivity contribution in [1.82, 2.24) is 14.9 Å². The third kappa shape index (κ3) is 4.96. The van der Waals surface area contributed by atoms with Crippen molar-refractivity contribution in [2.24, 2.45) is 0 Å². The molecule has 4 rings (SSSR count). The standard InChI is InChI=1S/C25H19ClN6O4/c1-14(28-25(35)36)22-30-20-11-5-9-18(26)21(20)23(33)32(22)17-8-4-7-16(12-17)29-24(34)31-19-10-3-2-6-15(19)13-27/h2-12,14,28H,1H3,(H,35,36)(H2,29,31,34). The maximum atomic E-state index is 13.5. The molecule has 0 saturated carbocycles. The van der Waals surface area contributed by atoms with Gasteiger partial charge in [0.2, 0.25) is 0 Å². The Hall–Kier alpha value is -4.88. The average molecular weight is 503 g/mol. The first kappa shape index (κ1) is 24.3. The van der Waals surface area contributed by atoms with Crippen LogP contribution in [-0.2, 0) is 0 Å². The lowest BCUT2D eigenvalue weighted by molar-refractivity contribution is 0.190. The number of nitrogens with zero attached hydrogens (tertiary/aromatic N) is 3. The van der Waals surface area contributed by atoms with E-state index in [4.69, 9.17) is 11.6 Å². The number of carboxylic acid groups (broad SMARTS) is 1. The van der Waals surface area contributed by atoms with E-state index in [2.05, 4.69) is 20.9 Å². The van der Waals surface area contributed by atoms with Gasteiger partial charge in [0.1, 0.15) is 11.9 Å². The van der Waals surface area contributed by atoms with E-state index in [-0.39, 0.29) is 16.2 Å². The summed E-state index contributed by atoms with van der Waals surface area (Å²) in [4.78, 5) is 41.9. The fraction of sp³-hybridized carbons (Fsp3) is 0.0800. The number of benzene rings is 3. The van der Waals surface area contributed by atoms with Gasteiger partial charge in [0.15, 0.2) is 0 Å². The van der Waals surface area contributed by atoms with E-state index in [0.717, 1.165) is 0 Å². The van der Waals surface area contributed by atoms with Gasteiger partial charge in [-0.25, -0.2) is 14.6 Å². The van der Waals surface area contributed by atoms with E-state index in [1.807, 2.05) is 6.07 Å². The number of nitriles is 1. The summed E-state index contributed by atoms with van der Waals surface area (Å²) in [5.41, 5.74) is 1.14. The summed E-state index contributed by atoms with van der Waals surface area (Å²) in [5, 5.41) is 26.4. The van der Waals surface area contributed by atoms with E-state index in [1.54, 1.807) is 73.7 Å². The van der Waals surface area contributed by atoms with Crippen molar-refractivity contribution in [3.63, 3.8) is 0 Å². The van der Waals surface area contributed by atoms with Crippen LogP contribution >= 0.6 is 11.6 Å². The third-order valence-electron chi connectivity index (χ3n) is 5.26. The highest BCUT2D eigenvalue weighted by atomic mass is 35.5. The molecule has 11 heteroatoms. The number of fused-ring (bicyclic) bond motifs is 1. The number of aromatic nitrogens is 2. The molecule has 10 nitrogen and oxygen atoms in total. The number of anilines is 2. The highest BCUT2D eigenvalue weighted by Gasteiger charge is 2.21. The van der Waals surface area contributed by atoms with Crippen molar-refractivity contribution in [2.75, 3.05) is 10.6 Å². The maximum Gasteiger partial charge on any atom is 0.405 e. The van der Waals surface area contributed by atoms with E-state index in [9.17, 15) is 24.8 Å². The Bertz CT molecular complexity index is 1590. The predicted molar refractivity (Wildman–Crippen MR) is 136 cm³/mol. The molecule has 0 saturated heterocycles. The quantitative estimate of drug-likeness (QED) is 0.305. The zero-order valence-corrected chi connectivity index (χ0v) is 19.6. The smallest absolute Gasteiger partial charge is 0.405 e. The molecule has 1 unspecified atom stereocenters. The fourth-order valence-corrected chi connectivity index (χ4v) is 3.94. The van der Waals surface area contributed by atoms with E-state index >= 15 is 0 Å². The number of urea groups is 1. The van der Waals surface area contributed by atoms with E-state index < -0.39 is 23.7 Å². The fourth-order valence-electron chi connectivity index (χ4n) is 3.69. The van der Waals surface area contributed by atoms with Gasteiger partial charge < -0.3 is 21.1 Å². The number of carbonyl (C=O) groups excluding carboxylic acids is 1. The molecule has 0 bridgehead atoms. The van der Waals surface area contributed by atoms with Gasteiger partial charge in [0.05, 0.1) is 38.9 Å². The zero-order chi connectivity index (χ0) is 25.8. The van der Waals surface area contributed by atoms with Crippen molar-refractivity contribution in [1.29, 1.82) is 5.26 Å². The Kier molecular flexibility index (Phi) is 6.85. The molecule has 0 aliphatic rings. The first-order chi connectivity index (χ1) is 17.3. The molecule has 36 heavy (non-hydrogen) atoms. The monoisotopic (exact) mass is 502 g/mol. The average Bonchev–Trinajstić information content (AvgIpc) is 2.83. The van der Waals surface area contributed by atoms with E-state index in [0.29, 0.717) is 28.1 Å². The van der Waals surface area contributed by atoms with Crippen LogP contribution in [0.2, 0.25) is 5.02 Å². The lowest BCUT2D eigenvalue weighted by atomic mass is 10.2. The highest BCUT2D eigenvalue weighted by molar-refractivity contribution is 6.35. The maximum absolute atomic E-state index is 13.5. The number of para-hydroxylation sites is 1. The minimum atomic E-state index is -1.28. The van der Waals surface area contributed by atoms with Crippen molar-refractivity contribution < 1.29 is 14.7 Å². The van der Waals surface area contributed by atoms with Crippen LogP contribution in [0.1, 0.15) is 24.4 Å². The van der Waals surface area contributed by atoms with Crippen molar-refractivity contribution in [3.05, 3.63) is 93.5 Å². The number of nitrogens with one attached hydrogen (secondary N) is 3. The predicted octanol–water partition coefficient (Wildman–Crippen LogP) is 4.88. The van der Waals surface area contributed by atoms with Gasteiger partial charge in [-0.05, 0) is 49.4 Å². The molecule has 1 heterocycles. The summed E-state index contributed by atoms with van der Waals surface area (Å²) in [5.74, 6) is 0.140. The second-order valence-electron chi connectivity index (χ2n) is 7.70. The van der Waals surface area contributed by atoms with Crippen molar-refractivity contribution in [3.8, 4) is 11.8 Å². The largest absolute Gasteiger partial charge is 0.465 e. The molecule has 0 aliphatic heterocycles. The molecular weight excluding hydrogens is 484 g/mol. The first-order valence-electron chi connectivity index (χ1n) is 10.7. The van der Waals surface area contributed by atoms with Gasteiger partial charge in [-0.1, -0.05) is 35.9 Å². The van der Waals surface area contributed by atoms with Crippen LogP contribution in [0.4, 0.5) is 21.0 Å². The molecule has 1 atom stereocenters. The second kappa shape index (κ2) is 10.2. The Balaban J connectivity index is 1.75. The van der Waals surface area contributed by atoms with E-state index in [1.165, 1.54) is 4.57 Å². The topological polar surface area (TPSA) is 149 Å². The van der Waals surface area contributed by atoms with Crippen LogP contribution in [0.25, 0.3) is 16.6 Å². The zero-order valence-electron chi connectivity index (χ0n) is 18.8. The summed E-state index contributed by atoms with van der Waals surface area (Å²) in [6.07, 6.45) is -1.28. The molecule has 3 amide bonds. The third-order valence-corrected chi connectivity index (χ3v) is 5.57. The number of halogens is 1. The van der Waals surface area contributed by atoms with Crippen molar-refractivity contribution >= 4 is 46.0 Å². The number of carbonyl (C=O) groups is 2. The van der Waals surface area contributed by atoms with Crippen LogP contribution in [0, 0.1) is 11.3 Å². The van der Waals surface area contributed by atoms with Gasteiger partial charge >= 0.3 is 12.1 Å². The Morgan fingerprint density at radius 2 is 1.83 bits per heavy atom. The molecule has 0 radical (unpaired) electrons. The number of rotatable bonds is 5. The minimum Gasteiger partial charge on any atom is -0.465 e. The molecule has 0 spiro atoms. The van der Waals surface area contributed by atoms with Crippen LogP contribution in [-0.4, -0.2) is 26.8 Å². The molecule has 1 aromatic heterocycles. The minimum absolute atomic E-state index is 0.140. The van der Waals surface area contributed by atoms with Gasteiger partial charge in [-0.2, -0.15) is 5.26 Å². The molecular formula is C25H19ClN6O4. The first-order valence-corrected chi connectivity index (χ1v) is 11.0. The second-order valence-corrected chi connectivity index (χ2v) is 8.11. The molecule has 3 aromatic carbocycles. The molecule has 180 valence electrons. The Morgan fingerprint density at radius 1 is 1.08 bits per heavy atom. The summed E-state index contributed by atoms with van der Waals surface area (Å²) in [7, 11) is 0. The molecule has 4 N–H and O–H groups in total. The van der Waals surface area contributed by atoms with Gasteiger partial charge in [-0.3, -0.25) is 9.36 Å². The number of hydrogen-bond acceptors (Lipinski definition) is 5. The Labute approximate surface area is 209 Å². The van der Waals surface area contributed by atoms with Gasteiger partial charge in [0.25, 0.3) is 5.56 Å². The summed E-state index contributed by atoms with van der Waals surface area (Å²) >= 11 is 6.29.